The molecule has 6 rings (SSSR count). The van der Waals surface area contributed by atoms with Crippen LogP contribution in [-0.4, -0.2) is 190 Å². The first kappa shape index (κ1) is 72.3. The van der Waals surface area contributed by atoms with Gasteiger partial charge in [0.15, 0.2) is 11.6 Å². The van der Waals surface area contributed by atoms with Crippen molar-refractivity contribution in [1.29, 1.82) is 0 Å². The third-order valence-electron chi connectivity index (χ3n) is 16.2. The number of nitrogens with zero attached hydrogens (tertiary/aromatic N) is 3. The summed E-state index contributed by atoms with van der Waals surface area (Å²) < 4.78 is 29.0. The summed E-state index contributed by atoms with van der Waals surface area (Å²) >= 11 is 1.09. The summed E-state index contributed by atoms with van der Waals surface area (Å²) in [5.74, 6) is -8.90. The van der Waals surface area contributed by atoms with Gasteiger partial charge in [0.2, 0.25) is 47.3 Å². The molecule has 1 aliphatic heterocycles. The quantitative estimate of drug-likeness (QED) is 0.0257. The van der Waals surface area contributed by atoms with Crippen LogP contribution < -0.4 is 37.6 Å². The molecule has 0 bridgehead atoms. The topological polar surface area (TPSA) is 335 Å². The number of carbonyl (C=O) groups is 10. The molecule has 1 aliphatic rings. The van der Waals surface area contributed by atoms with E-state index in [1.165, 1.54) is 42.1 Å². The Morgan fingerprint density at radius 2 is 1.37 bits per heavy atom. The number of aromatic hydroxyl groups is 1. The van der Waals surface area contributed by atoms with E-state index in [-0.39, 0.29) is 80.9 Å². The van der Waals surface area contributed by atoms with E-state index >= 15 is 4.79 Å². The van der Waals surface area contributed by atoms with Crippen molar-refractivity contribution in [2.24, 2.45) is 5.73 Å². The molecule has 4 aromatic carbocycles. The van der Waals surface area contributed by atoms with E-state index in [1.807, 2.05) is 37.4 Å². The van der Waals surface area contributed by atoms with Crippen molar-refractivity contribution in [3.8, 4) is 5.75 Å². The molecule has 0 spiro atoms. The highest BCUT2D eigenvalue weighted by Crippen LogP contribution is 2.25. The number of carbonyl (C=O) groups excluding carboxylic acids is 9. The summed E-state index contributed by atoms with van der Waals surface area (Å²) in [5, 5.41) is 37.0. The van der Waals surface area contributed by atoms with E-state index in [1.54, 1.807) is 56.4 Å². The van der Waals surface area contributed by atoms with Gasteiger partial charge in [0.05, 0.1) is 24.3 Å². The van der Waals surface area contributed by atoms with Crippen molar-refractivity contribution in [3.63, 3.8) is 0 Å². The molecule has 1 aromatic heterocycles. The number of aromatic amines is 1. The van der Waals surface area contributed by atoms with Crippen LogP contribution in [0.2, 0.25) is 0 Å². The molecule has 496 valence electrons. The highest BCUT2D eigenvalue weighted by Gasteiger charge is 2.43. The lowest BCUT2D eigenvalue weighted by Crippen LogP contribution is -2.59. The number of amides is 8. The van der Waals surface area contributed by atoms with Gasteiger partial charge >= 0.3 is 5.97 Å². The Balaban J connectivity index is 1.15. The zero-order chi connectivity index (χ0) is 67.0. The van der Waals surface area contributed by atoms with Crippen molar-refractivity contribution < 1.29 is 66.9 Å². The van der Waals surface area contributed by atoms with Gasteiger partial charge in [-0.05, 0) is 112 Å². The van der Waals surface area contributed by atoms with Crippen LogP contribution in [0, 0.1) is 11.6 Å². The molecule has 0 radical (unpaired) electrons. The minimum absolute atomic E-state index is 0.00423. The first-order valence-electron chi connectivity index (χ1n) is 30.8. The number of nitrogens with one attached hydrogen (secondary N) is 7. The average molecular weight is 1290 g/mol. The molecular formula is C66H85F2N11O12S. The number of benzene rings is 4. The average Bonchev–Trinajstić information content (AvgIpc) is 1.62. The molecule has 26 heteroatoms. The van der Waals surface area contributed by atoms with E-state index in [0.29, 0.717) is 43.1 Å². The van der Waals surface area contributed by atoms with Crippen molar-refractivity contribution >= 4 is 82.2 Å². The number of unbranched alkanes of at least 4 members (excludes halogenated alkanes) is 1. The number of halogens is 2. The molecule has 11 N–H and O–H groups in total. The van der Waals surface area contributed by atoms with Crippen molar-refractivity contribution in [2.75, 3.05) is 45.7 Å². The lowest BCUT2D eigenvalue weighted by atomic mass is 9.99. The number of phenols is 1. The summed E-state index contributed by atoms with van der Waals surface area (Å²) in [7, 11) is 4.42. The first-order chi connectivity index (χ1) is 44.0. The zero-order valence-corrected chi connectivity index (χ0v) is 53.3. The summed E-state index contributed by atoms with van der Waals surface area (Å²) in [4.78, 5) is 145. The molecule has 8 amide bonds. The SMILES string of the molecule is CCCC[C@@H](C(=O)N1CCC[C@@H]1C(=O)N[C@H](C=O)CC(=O)O)N(C)C(=O)C(Cc1ccccc1)N(C)C(=O)[C@H](Cc1ccc(F)c(F)c1)NC(=O)CSC[C@@H](C)NC(=O)[C@H](CCCN)NC(=O)[C@H](Cc1ccc(O)cc1)NC(=O)[C@H](Cc1c[nH]c2ccccc12)NC. The number of carboxylic acids is 1. The van der Waals surface area contributed by atoms with Crippen LogP contribution in [0.5, 0.6) is 5.75 Å². The summed E-state index contributed by atoms with van der Waals surface area (Å²) in [6.07, 6.45) is 3.66. The summed E-state index contributed by atoms with van der Waals surface area (Å²) in [6, 6.07) is 15.6. The number of carboxylic acid groups (broad SMARTS) is 1. The number of phenolic OH excluding ortho intramolecular Hbond substituents is 1. The second-order valence-corrected chi connectivity index (χ2v) is 24.2. The molecule has 1 unspecified atom stereocenters. The van der Waals surface area contributed by atoms with E-state index in [4.69, 9.17) is 5.73 Å². The number of likely N-dealkylation sites (N-methyl/N-ethyl adjacent to an activating group) is 3. The summed E-state index contributed by atoms with van der Waals surface area (Å²) in [5.41, 5.74) is 9.04. The second-order valence-electron chi connectivity index (χ2n) is 23.1. The third kappa shape index (κ3) is 20.9. The fourth-order valence-electron chi connectivity index (χ4n) is 11.1. The molecule has 1 saturated heterocycles. The number of hydrogen-bond donors (Lipinski definition) is 10. The van der Waals surface area contributed by atoms with Gasteiger partial charge in [-0.1, -0.05) is 86.5 Å². The van der Waals surface area contributed by atoms with Crippen molar-refractivity contribution in [2.45, 2.75) is 145 Å². The molecule has 23 nitrogen and oxygen atoms in total. The number of fused-ring (bicyclic) bond motifs is 1. The van der Waals surface area contributed by atoms with E-state index < -0.39 is 126 Å². The van der Waals surface area contributed by atoms with Gasteiger partial charge in [-0.25, -0.2) is 8.78 Å². The second kappa shape index (κ2) is 35.7. The van der Waals surface area contributed by atoms with Crippen LogP contribution in [0.3, 0.4) is 0 Å². The maximum absolute atomic E-state index is 15.1. The number of aldehydes is 1. The number of rotatable bonds is 36. The molecular weight excluding hydrogens is 1210 g/mol. The van der Waals surface area contributed by atoms with Gasteiger partial charge in [0.25, 0.3) is 0 Å². The predicted molar refractivity (Wildman–Crippen MR) is 344 cm³/mol. The molecule has 9 atom stereocenters. The van der Waals surface area contributed by atoms with Crippen LogP contribution in [0.4, 0.5) is 8.78 Å². The molecule has 0 saturated carbocycles. The van der Waals surface area contributed by atoms with Crippen LogP contribution in [0.15, 0.2) is 103 Å². The Morgan fingerprint density at radius 1 is 0.728 bits per heavy atom. The predicted octanol–water partition coefficient (Wildman–Crippen LogP) is 3.44. The minimum Gasteiger partial charge on any atom is -0.508 e. The highest BCUT2D eigenvalue weighted by atomic mass is 32.2. The van der Waals surface area contributed by atoms with Gasteiger partial charge in [-0.3, -0.25) is 43.2 Å². The number of aromatic nitrogens is 1. The zero-order valence-electron chi connectivity index (χ0n) is 52.5. The van der Waals surface area contributed by atoms with Crippen LogP contribution >= 0.6 is 11.8 Å². The Bertz CT molecular complexity index is 3340. The number of likely N-dealkylation sites (tertiary alicyclic amines) is 1. The first-order valence-corrected chi connectivity index (χ1v) is 32.0. The highest BCUT2D eigenvalue weighted by molar-refractivity contribution is 8.00. The Labute approximate surface area is 538 Å². The fourth-order valence-corrected chi connectivity index (χ4v) is 11.9. The van der Waals surface area contributed by atoms with Gasteiger partial charge in [-0.15, -0.1) is 11.8 Å². The van der Waals surface area contributed by atoms with Crippen LogP contribution in [0.1, 0.15) is 87.5 Å². The maximum Gasteiger partial charge on any atom is 0.305 e. The number of aliphatic carboxylic acids is 1. The number of nitrogens with two attached hydrogens (primary N) is 1. The Morgan fingerprint density at radius 3 is 2.04 bits per heavy atom. The van der Waals surface area contributed by atoms with Crippen molar-refractivity contribution in [1.82, 2.24) is 51.6 Å². The molecule has 2 heterocycles. The molecule has 0 aliphatic carbocycles. The largest absolute Gasteiger partial charge is 0.508 e. The number of hydrogen-bond acceptors (Lipinski definition) is 14. The summed E-state index contributed by atoms with van der Waals surface area (Å²) in [6.45, 7) is 3.90. The third-order valence-corrected chi connectivity index (χ3v) is 17.4. The minimum atomic E-state index is -1.47. The number of thioether (sulfide) groups is 1. The number of para-hydroxylation sites is 1. The van der Waals surface area contributed by atoms with Crippen LogP contribution in [-0.2, 0) is 73.6 Å². The monoisotopic (exact) mass is 1290 g/mol. The molecule has 92 heavy (non-hydrogen) atoms. The fraction of sp³-hybridized carbons (Fsp3) is 0.455. The Kier molecular flexibility index (Phi) is 28.1. The van der Waals surface area contributed by atoms with E-state index in [9.17, 15) is 62.1 Å². The van der Waals surface area contributed by atoms with Gasteiger partial charge in [-0.2, -0.15) is 0 Å². The van der Waals surface area contributed by atoms with E-state index in [0.717, 1.165) is 45.3 Å². The van der Waals surface area contributed by atoms with E-state index in [2.05, 4.69) is 36.9 Å². The maximum atomic E-state index is 15.1. The standard InChI is InChI=1S/C66H85F2N11O12S/c1-6-7-20-56(66(91)79-29-14-21-55(79)63(88)73-45(37-80)35-59(83)84)77(4)65(90)57(33-41-15-9-8-10-16-41)78(5)64(89)54(32-43-24-27-48(67)49(68)30-43)74-58(82)39-92-38-40(2)72-60(85)51(19-13-28-69)75-62(87)53(31-42-22-25-46(81)26-23-42)76-61(86)52(70-3)34-44-36-71-50-18-12-11-17-47(44)50/h8-12,15-18,22-27,30,36-37,40,45,51-57,70-71,81H,6-7,13-14,19-21,28-29,31-35,38-39,69H2,1-5H3,(H,72,85)(H,73,88)(H,74,82)(H,75,87)(H,76,86)(H,83,84)/t40-,45+,51+,52+,53+,54+,55-,56+,57?/m1/s1. The smallest absolute Gasteiger partial charge is 0.305 e. The van der Waals surface area contributed by atoms with Crippen molar-refractivity contribution in [3.05, 3.63) is 137 Å². The lowest BCUT2D eigenvalue weighted by molar-refractivity contribution is -0.152. The van der Waals surface area contributed by atoms with Gasteiger partial charge < -0.3 is 72.3 Å². The van der Waals surface area contributed by atoms with Gasteiger partial charge in [0, 0.05) is 68.8 Å². The Hall–Kier alpha value is -8.75. The lowest BCUT2D eigenvalue weighted by Gasteiger charge is -2.38. The molecule has 5 aromatic rings. The van der Waals surface area contributed by atoms with Crippen LogP contribution in [0.25, 0.3) is 10.9 Å². The number of H-pyrrole nitrogens is 1. The molecule has 1 fully saturated rings. The van der Waals surface area contributed by atoms with Gasteiger partial charge in [0.1, 0.15) is 48.3 Å². The normalized spacial score (nSPS) is 15.5.